The van der Waals surface area contributed by atoms with Gasteiger partial charge in [-0.05, 0) is 50.2 Å². The van der Waals surface area contributed by atoms with Gasteiger partial charge >= 0.3 is 0 Å². The number of hydrogen-bond acceptors (Lipinski definition) is 5. The summed E-state index contributed by atoms with van der Waals surface area (Å²) < 4.78 is 10.3. The zero-order valence-corrected chi connectivity index (χ0v) is 16.0. The highest BCUT2D eigenvalue weighted by molar-refractivity contribution is 6.00. The van der Waals surface area contributed by atoms with Crippen LogP contribution >= 0.6 is 0 Å². The van der Waals surface area contributed by atoms with Gasteiger partial charge in [-0.3, -0.25) is 20.4 Å². The average Bonchev–Trinajstić information content (AvgIpc) is 2.72. The molecule has 144 valence electrons. The monoisotopic (exact) mass is 371 g/mol. The van der Waals surface area contributed by atoms with Crippen molar-refractivity contribution in [2.45, 2.75) is 13.8 Å². The summed E-state index contributed by atoms with van der Waals surface area (Å²) in [5.41, 5.74) is 6.60. The van der Waals surface area contributed by atoms with E-state index in [1.807, 2.05) is 12.1 Å². The standard InChI is InChI=1S/C20H25N3O4/c1-5-23(6-2)15-9-7-14(8-10-15)19(24)21-22-20(25)17-12-11-16(26-3)13-18(17)27-4/h7-13H,5-6H2,1-4H3,(H,21,24)(H,22,25). The Labute approximate surface area is 159 Å². The molecule has 0 aliphatic heterocycles. The third-order valence-electron chi connectivity index (χ3n) is 4.20. The van der Waals surface area contributed by atoms with E-state index >= 15 is 0 Å². The first-order valence-corrected chi connectivity index (χ1v) is 8.71. The summed E-state index contributed by atoms with van der Waals surface area (Å²) in [5, 5.41) is 0. The molecule has 0 aliphatic carbocycles. The van der Waals surface area contributed by atoms with Crippen molar-refractivity contribution in [2.24, 2.45) is 0 Å². The second-order valence-corrected chi connectivity index (χ2v) is 5.69. The van der Waals surface area contributed by atoms with Gasteiger partial charge in [-0.1, -0.05) is 0 Å². The van der Waals surface area contributed by atoms with Gasteiger partial charge in [0.15, 0.2) is 0 Å². The second kappa shape index (κ2) is 9.47. The van der Waals surface area contributed by atoms with Crippen molar-refractivity contribution >= 4 is 17.5 Å². The molecule has 0 aliphatic rings. The SMILES string of the molecule is CCN(CC)c1ccc(C(=O)NNC(=O)c2ccc(OC)cc2OC)cc1. The van der Waals surface area contributed by atoms with E-state index in [4.69, 9.17) is 9.47 Å². The summed E-state index contributed by atoms with van der Waals surface area (Å²) >= 11 is 0. The minimum atomic E-state index is -0.484. The van der Waals surface area contributed by atoms with Gasteiger partial charge in [0, 0.05) is 30.4 Å². The van der Waals surface area contributed by atoms with Crippen LogP contribution in [0.2, 0.25) is 0 Å². The van der Waals surface area contributed by atoms with Gasteiger partial charge in [-0.25, -0.2) is 0 Å². The molecule has 0 saturated heterocycles. The van der Waals surface area contributed by atoms with Gasteiger partial charge < -0.3 is 14.4 Å². The lowest BCUT2D eigenvalue weighted by atomic mass is 10.1. The van der Waals surface area contributed by atoms with Gasteiger partial charge in [-0.15, -0.1) is 0 Å². The number of benzene rings is 2. The number of nitrogens with zero attached hydrogens (tertiary/aromatic N) is 1. The quantitative estimate of drug-likeness (QED) is 0.732. The summed E-state index contributed by atoms with van der Waals surface area (Å²) in [6.07, 6.45) is 0. The maximum atomic E-state index is 12.3. The molecular formula is C20H25N3O4. The van der Waals surface area contributed by atoms with E-state index in [1.54, 1.807) is 30.3 Å². The van der Waals surface area contributed by atoms with Crippen LogP contribution < -0.4 is 25.2 Å². The zero-order chi connectivity index (χ0) is 19.8. The van der Waals surface area contributed by atoms with Gasteiger partial charge in [0.05, 0.1) is 19.8 Å². The number of nitrogens with one attached hydrogen (secondary N) is 2. The molecule has 2 aromatic rings. The van der Waals surface area contributed by atoms with Crippen molar-refractivity contribution in [3.8, 4) is 11.5 Å². The van der Waals surface area contributed by atoms with Crippen LogP contribution in [0.15, 0.2) is 42.5 Å². The van der Waals surface area contributed by atoms with Crippen molar-refractivity contribution in [3.63, 3.8) is 0 Å². The van der Waals surface area contributed by atoms with Crippen LogP contribution in [0.4, 0.5) is 5.69 Å². The fourth-order valence-electron chi connectivity index (χ4n) is 2.65. The van der Waals surface area contributed by atoms with Crippen LogP contribution in [0.1, 0.15) is 34.6 Å². The first-order chi connectivity index (χ1) is 13.0. The van der Waals surface area contributed by atoms with E-state index in [9.17, 15) is 9.59 Å². The van der Waals surface area contributed by atoms with E-state index in [0.717, 1.165) is 18.8 Å². The topological polar surface area (TPSA) is 79.9 Å². The summed E-state index contributed by atoms with van der Waals surface area (Å²) in [6.45, 7) is 5.93. The molecule has 0 atom stereocenters. The lowest BCUT2D eigenvalue weighted by Crippen LogP contribution is -2.41. The highest BCUT2D eigenvalue weighted by Crippen LogP contribution is 2.24. The predicted molar refractivity (Wildman–Crippen MR) is 104 cm³/mol. The smallest absolute Gasteiger partial charge is 0.273 e. The lowest BCUT2D eigenvalue weighted by Gasteiger charge is -2.21. The zero-order valence-electron chi connectivity index (χ0n) is 16.0. The summed E-state index contributed by atoms with van der Waals surface area (Å²) in [7, 11) is 2.99. The molecule has 0 heterocycles. The minimum absolute atomic E-state index is 0.287. The lowest BCUT2D eigenvalue weighted by molar-refractivity contribution is 0.0845. The normalized spacial score (nSPS) is 10.1. The maximum absolute atomic E-state index is 12.3. The number of rotatable bonds is 7. The Bertz CT molecular complexity index is 786. The van der Waals surface area contributed by atoms with Crippen LogP contribution in [-0.4, -0.2) is 39.1 Å². The summed E-state index contributed by atoms with van der Waals surface area (Å²) in [6, 6.07) is 12.0. The van der Waals surface area contributed by atoms with E-state index in [2.05, 4.69) is 29.6 Å². The highest BCUT2D eigenvalue weighted by atomic mass is 16.5. The molecule has 2 aromatic carbocycles. The van der Waals surface area contributed by atoms with E-state index < -0.39 is 11.8 Å². The third kappa shape index (κ3) is 4.91. The fraction of sp³-hybridized carbons (Fsp3) is 0.300. The number of carbonyl (C=O) groups excluding carboxylic acids is 2. The van der Waals surface area contributed by atoms with Gasteiger partial charge in [0.1, 0.15) is 11.5 Å². The van der Waals surface area contributed by atoms with Crippen LogP contribution in [0.5, 0.6) is 11.5 Å². The Hall–Kier alpha value is -3.22. The number of anilines is 1. The van der Waals surface area contributed by atoms with Crippen molar-refractivity contribution in [1.82, 2.24) is 10.9 Å². The van der Waals surface area contributed by atoms with E-state index in [-0.39, 0.29) is 5.56 Å². The molecular weight excluding hydrogens is 346 g/mol. The number of carbonyl (C=O) groups is 2. The van der Waals surface area contributed by atoms with Gasteiger partial charge in [0.2, 0.25) is 0 Å². The molecule has 0 radical (unpaired) electrons. The largest absolute Gasteiger partial charge is 0.497 e. The average molecular weight is 371 g/mol. The van der Waals surface area contributed by atoms with Crippen LogP contribution in [0.25, 0.3) is 0 Å². The molecule has 0 fully saturated rings. The molecule has 0 saturated carbocycles. The molecule has 0 aromatic heterocycles. The molecule has 2 amide bonds. The number of amides is 2. The number of ether oxygens (including phenoxy) is 2. The highest BCUT2D eigenvalue weighted by Gasteiger charge is 2.15. The number of hydrogen-bond donors (Lipinski definition) is 2. The molecule has 2 rings (SSSR count). The van der Waals surface area contributed by atoms with Crippen LogP contribution in [0, 0.1) is 0 Å². The van der Waals surface area contributed by atoms with Gasteiger partial charge in [-0.2, -0.15) is 0 Å². The Balaban J connectivity index is 2.02. The minimum Gasteiger partial charge on any atom is -0.497 e. The maximum Gasteiger partial charge on any atom is 0.273 e. The second-order valence-electron chi connectivity index (χ2n) is 5.69. The van der Waals surface area contributed by atoms with Crippen LogP contribution in [-0.2, 0) is 0 Å². The van der Waals surface area contributed by atoms with Gasteiger partial charge in [0.25, 0.3) is 11.8 Å². The van der Waals surface area contributed by atoms with E-state index in [0.29, 0.717) is 17.1 Å². The molecule has 0 unspecified atom stereocenters. The molecule has 7 heteroatoms. The van der Waals surface area contributed by atoms with Crippen molar-refractivity contribution in [2.75, 3.05) is 32.2 Å². The Morgan fingerprint density at radius 2 is 1.52 bits per heavy atom. The molecule has 27 heavy (non-hydrogen) atoms. The van der Waals surface area contributed by atoms with E-state index in [1.165, 1.54) is 14.2 Å². The first-order valence-electron chi connectivity index (χ1n) is 8.71. The number of methoxy groups -OCH3 is 2. The van der Waals surface area contributed by atoms with Crippen molar-refractivity contribution in [1.29, 1.82) is 0 Å². The Morgan fingerprint density at radius 1 is 0.889 bits per heavy atom. The van der Waals surface area contributed by atoms with Crippen molar-refractivity contribution in [3.05, 3.63) is 53.6 Å². The third-order valence-corrected chi connectivity index (χ3v) is 4.20. The molecule has 2 N–H and O–H groups in total. The fourth-order valence-corrected chi connectivity index (χ4v) is 2.65. The Morgan fingerprint density at radius 3 is 2.07 bits per heavy atom. The molecule has 0 spiro atoms. The van der Waals surface area contributed by atoms with Crippen LogP contribution in [0.3, 0.4) is 0 Å². The molecule has 0 bridgehead atoms. The predicted octanol–water partition coefficient (Wildman–Crippen LogP) is 2.62. The molecule has 7 nitrogen and oxygen atoms in total. The van der Waals surface area contributed by atoms with Crippen molar-refractivity contribution < 1.29 is 19.1 Å². The first kappa shape index (κ1) is 20.1. The Kier molecular flexibility index (Phi) is 7.05. The summed E-state index contributed by atoms with van der Waals surface area (Å²) in [4.78, 5) is 26.8. The summed E-state index contributed by atoms with van der Waals surface area (Å²) in [5.74, 6) is 0.0370. The number of hydrazine groups is 1.